The van der Waals surface area contributed by atoms with Crippen molar-refractivity contribution < 1.29 is 9.90 Å². The second kappa shape index (κ2) is 6.77. The van der Waals surface area contributed by atoms with E-state index in [1.54, 1.807) is 6.07 Å². The number of hydrogen-bond acceptors (Lipinski definition) is 2. The molecule has 2 fully saturated rings. The quantitative estimate of drug-likeness (QED) is 0.910. The van der Waals surface area contributed by atoms with E-state index in [-0.39, 0.29) is 17.9 Å². The standard InChI is InChI=1S/C17H21Cl2NO2/c18-13-2-1-11(16(19)10-13)9-12-7-8-20(17(12)22)14-3-5-15(21)6-4-14/h1-2,10,12,14-15,21H,3-9H2. The fraction of sp³-hybridized carbons (Fsp3) is 0.588. The van der Waals surface area contributed by atoms with Crippen molar-refractivity contribution in [1.29, 1.82) is 0 Å². The van der Waals surface area contributed by atoms with Crippen LogP contribution in [0.1, 0.15) is 37.7 Å². The molecule has 1 aromatic carbocycles. The zero-order chi connectivity index (χ0) is 15.7. The number of aliphatic hydroxyl groups is 1. The number of carbonyl (C=O) groups excluding carboxylic acids is 1. The number of carbonyl (C=O) groups is 1. The fourth-order valence-electron chi connectivity index (χ4n) is 3.64. The number of nitrogens with zero attached hydrogens (tertiary/aromatic N) is 1. The summed E-state index contributed by atoms with van der Waals surface area (Å²) >= 11 is 12.1. The third kappa shape index (κ3) is 3.42. The minimum atomic E-state index is -0.183. The van der Waals surface area contributed by atoms with Gasteiger partial charge in [0, 0.05) is 28.5 Å². The molecule has 0 aromatic heterocycles. The maximum atomic E-state index is 12.7. The van der Waals surface area contributed by atoms with Gasteiger partial charge in [-0.05, 0) is 56.2 Å². The zero-order valence-electron chi connectivity index (χ0n) is 12.5. The summed E-state index contributed by atoms with van der Waals surface area (Å²) in [5, 5.41) is 10.9. The number of rotatable bonds is 3. The van der Waals surface area contributed by atoms with Gasteiger partial charge in [0.15, 0.2) is 0 Å². The Kier molecular flexibility index (Phi) is 4.96. The summed E-state index contributed by atoms with van der Waals surface area (Å²) in [5.41, 5.74) is 0.991. The average Bonchev–Trinajstić information content (AvgIpc) is 2.84. The van der Waals surface area contributed by atoms with Crippen LogP contribution in [-0.4, -0.2) is 34.6 Å². The predicted molar refractivity (Wildman–Crippen MR) is 88.2 cm³/mol. The van der Waals surface area contributed by atoms with E-state index in [9.17, 15) is 9.90 Å². The molecule has 1 amide bonds. The molecule has 1 aliphatic heterocycles. The summed E-state index contributed by atoms with van der Waals surface area (Å²) in [4.78, 5) is 14.7. The third-order valence-corrected chi connectivity index (χ3v) is 5.53. The van der Waals surface area contributed by atoms with Crippen LogP contribution in [-0.2, 0) is 11.2 Å². The first-order valence-corrected chi connectivity index (χ1v) is 8.72. The maximum Gasteiger partial charge on any atom is 0.226 e. The van der Waals surface area contributed by atoms with Gasteiger partial charge in [-0.2, -0.15) is 0 Å². The van der Waals surface area contributed by atoms with E-state index in [2.05, 4.69) is 0 Å². The summed E-state index contributed by atoms with van der Waals surface area (Å²) in [5.74, 6) is 0.262. The van der Waals surface area contributed by atoms with Gasteiger partial charge in [0.05, 0.1) is 6.10 Å². The molecular formula is C17H21Cl2NO2. The van der Waals surface area contributed by atoms with E-state index in [1.165, 1.54) is 0 Å². The molecule has 1 aliphatic carbocycles. The lowest BCUT2D eigenvalue weighted by molar-refractivity contribution is -0.133. The molecule has 5 heteroatoms. The molecular weight excluding hydrogens is 321 g/mol. The molecule has 22 heavy (non-hydrogen) atoms. The van der Waals surface area contributed by atoms with Crippen LogP contribution in [0.3, 0.4) is 0 Å². The van der Waals surface area contributed by atoms with Crippen molar-refractivity contribution in [3.8, 4) is 0 Å². The fourth-order valence-corrected chi connectivity index (χ4v) is 4.12. The molecule has 1 saturated carbocycles. The Morgan fingerprint density at radius 3 is 2.55 bits per heavy atom. The topological polar surface area (TPSA) is 40.5 Å². The van der Waals surface area contributed by atoms with Gasteiger partial charge in [-0.25, -0.2) is 0 Å². The lowest BCUT2D eigenvalue weighted by Crippen LogP contribution is -2.41. The molecule has 0 bridgehead atoms. The predicted octanol–water partition coefficient (Wildman–Crippen LogP) is 3.69. The van der Waals surface area contributed by atoms with Crippen LogP contribution in [0.5, 0.6) is 0 Å². The molecule has 1 heterocycles. The van der Waals surface area contributed by atoms with Gasteiger partial charge in [-0.15, -0.1) is 0 Å². The summed E-state index contributed by atoms with van der Waals surface area (Å²) in [6, 6.07) is 5.78. The summed E-state index contributed by atoms with van der Waals surface area (Å²) in [6.45, 7) is 0.829. The number of amides is 1. The molecule has 2 aliphatic rings. The van der Waals surface area contributed by atoms with Gasteiger partial charge < -0.3 is 10.0 Å². The molecule has 1 aromatic rings. The Bertz CT molecular complexity index is 556. The number of hydrogen-bond donors (Lipinski definition) is 1. The Balaban J connectivity index is 1.63. The minimum Gasteiger partial charge on any atom is -0.393 e. The second-order valence-corrected chi connectivity index (χ2v) is 7.26. The molecule has 1 atom stereocenters. The van der Waals surface area contributed by atoms with Gasteiger partial charge in [0.1, 0.15) is 0 Å². The smallest absolute Gasteiger partial charge is 0.226 e. The molecule has 3 nitrogen and oxygen atoms in total. The number of halogens is 2. The lowest BCUT2D eigenvalue weighted by atomic mass is 9.92. The van der Waals surface area contributed by atoms with Crippen LogP contribution in [0.4, 0.5) is 0 Å². The molecule has 0 radical (unpaired) electrons. The van der Waals surface area contributed by atoms with E-state index in [0.29, 0.717) is 22.5 Å². The normalized spacial score (nSPS) is 29.1. The Labute approximate surface area is 141 Å². The van der Waals surface area contributed by atoms with Crippen molar-refractivity contribution in [3.63, 3.8) is 0 Å². The zero-order valence-corrected chi connectivity index (χ0v) is 14.0. The van der Waals surface area contributed by atoms with Crippen molar-refractivity contribution in [2.45, 2.75) is 50.7 Å². The van der Waals surface area contributed by atoms with Gasteiger partial charge in [0.25, 0.3) is 0 Å². The molecule has 120 valence electrons. The third-order valence-electron chi connectivity index (χ3n) is 4.94. The van der Waals surface area contributed by atoms with Gasteiger partial charge >= 0.3 is 0 Å². The van der Waals surface area contributed by atoms with Gasteiger partial charge in [-0.3, -0.25) is 4.79 Å². The SMILES string of the molecule is O=C1C(Cc2ccc(Cl)cc2Cl)CCN1C1CCC(O)CC1. The number of aliphatic hydroxyl groups excluding tert-OH is 1. The van der Waals surface area contributed by atoms with E-state index in [4.69, 9.17) is 23.2 Å². The lowest BCUT2D eigenvalue weighted by Gasteiger charge is -2.33. The first-order chi connectivity index (χ1) is 10.5. The monoisotopic (exact) mass is 341 g/mol. The number of benzene rings is 1. The van der Waals surface area contributed by atoms with Gasteiger partial charge in [0.2, 0.25) is 5.91 Å². The minimum absolute atomic E-state index is 0.0190. The Hall–Kier alpha value is -0.770. The van der Waals surface area contributed by atoms with Crippen molar-refractivity contribution in [1.82, 2.24) is 4.90 Å². The van der Waals surface area contributed by atoms with Crippen molar-refractivity contribution in [2.75, 3.05) is 6.54 Å². The Morgan fingerprint density at radius 2 is 1.86 bits per heavy atom. The van der Waals surface area contributed by atoms with Crippen LogP contribution in [0.15, 0.2) is 18.2 Å². The van der Waals surface area contributed by atoms with E-state index in [1.807, 2.05) is 17.0 Å². The highest BCUT2D eigenvalue weighted by Gasteiger charge is 2.37. The molecule has 1 N–H and O–H groups in total. The second-order valence-electron chi connectivity index (χ2n) is 6.42. The first-order valence-electron chi connectivity index (χ1n) is 7.97. The highest BCUT2D eigenvalue weighted by Crippen LogP contribution is 2.32. The maximum absolute atomic E-state index is 12.7. The molecule has 3 rings (SSSR count). The van der Waals surface area contributed by atoms with E-state index in [0.717, 1.165) is 44.2 Å². The average molecular weight is 342 g/mol. The van der Waals surface area contributed by atoms with Crippen LogP contribution in [0.25, 0.3) is 0 Å². The summed E-state index contributed by atoms with van der Waals surface area (Å²) in [6.07, 6.45) is 4.84. The van der Waals surface area contributed by atoms with E-state index >= 15 is 0 Å². The van der Waals surface area contributed by atoms with Crippen molar-refractivity contribution in [2.24, 2.45) is 5.92 Å². The largest absolute Gasteiger partial charge is 0.393 e. The van der Waals surface area contributed by atoms with Crippen LogP contribution in [0.2, 0.25) is 10.0 Å². The highest BCUT2D eigenvalue weighted by molar-refractivity contribution is 6.35. The summed E-state index contributed by atoms with van der Waals surface area (Å²) < 4.78 is 0. The van der Waals surface area contributed by atoms with Crippen LogP contribution >= 0.6 is 23.2 Å². The van der Waals surface area contributed by atoms with Crippen molar-refractivity contribution >= 4 is 29.1 Å². The molecule has 1 unspecified atom stereocenters. The number of likely N-dealkylation sites (tertiary alicyclic amines) is 1. The van der Waals surface area contributed by atoms with Crippen LogP contribution < -0.4 is 0 Å². The summed E-state index contributed by atoms with van der Waals surface area (Å²) in [7, 11) is 0. The Morgan fingerprint density at radius 1 is 1.14 bits per heavy atom. The first kappa shape index (κ1) is 16.1. The molecule has 1 saturated heterocycles. The van der Waals surface area contributed by atoms with Gasteiger partial charge in [-0.1, -0.05) is 29.3 Å². The van der Waals surface area contributed by atoms with Crippen LogP contribution in [0, 0.1) is 5.92 Å². The molecule has 0 spiro atoms. The van der Waals surface area contributed by atoms with E-state index < -0.39 is 0 Å². The van der Waals surface area contributed by atoms with Crippen molar-refractivity contribution in [3.05, 3.63) is 33.8 Å². The highest BCUT2D eigenvalue weighted by atomic mass is 35.5.